The quantitative estimate of drug-likeness (QED) is 0.563. The van der Waals surface area contributed by atoms with Crippen LogP contribution in [0.5, 0.6) is 0 Å². The van der Waals surface area contributed by atoms with E-state index in [1.807, 2.05) is 18.9 Å². The minimum atomic E-state index is 0.152. The van der Waals surface area contributed by atoms with Crippen LogP contribution in [0.25, 0.3) is 0 Å². The van der Waals surface area contributed by atoms with Crippen LogP contribution in [-0.4, -0.2) is 36.9 Å². The van der Waals surface area contributed by atoms with Crippen LogP contribution >= 0.6 is 0 Å². The van der Waals surface area contributed by atoms with Gasteiger partial charge in [-0.3, -0.25) is 9.59 Å². The molecular formula is C18H36N2O2. The van der Waals surface area contributed by atoms with Crippen molar-refractivity contribution in [1.29, 1.82) is 0 Å². The SMILES string of the molecule is CCCCN(C)C(=O)CCCC(CCC)CNC(=O)CCC. The van der Waals surface area contributed by atoms with Gasteiger partial charge in [0.2, 0.25) is 11.8 Å². The second kappa shape index (κ2) is 13.6. The highest BCUT2D eigenvalue weighted by molar-refractivity contribution is 5.76. The van der Waals surface area contributed by atoms with Crippen LogP contribution in [0.1, 0.15) is 78.6 Å². The number of carbonyl (C=O) groups excluding carboxylic acids is 2. The monoisotopic (exact) mass is 312 g/mol. The van der Waals surface area contributed by atoms with E-state index in [0.29, 0.717) is 18.8 Å². The number of nitrogens with one attached hydrogen (secondary N) is 1. The molecule has 0 aliphatic heterocycles. The van der Waals surface area contributed by atoms with Gasteiger partial charge in [0.25, 0.3) is 0 Å². The Labute approximate surface area is 137 Å². The topological polar surface area (TPSA) is 49.4 Å². The molecule has 0 aromatic carbocycles. The lowest BCUT2D eigenvalue weighted by atomic mass is 9.96. The molecule has 1 atom stereocenters. The van der Waals surface area contributed by atoms with Crippen LogP contribution in [0.2, 0.25) is 0 Å². The Morgan fingerprint density at radius 2 is 1.68 bits per heavy atom. The minimum Gasteiger partial charge on any atom is -0.356 e. The fraction of sp³-hybridized carbons (Fsp3) is 0.889. The summed E-state index contributed by atoms with van der Waals surface area (Å²) in [4.78, 5) is 25.4. The van der Waals surface area contributed by atoms with E-state index >= 15 is 0 Å². The molecule has 0 spiro atoms. The zero-order valence-corrected chi connectivity index (χ0v) is 15.1. The lowest BCUT2D eigenvalue weighted by molar-refractivity contribution is -0.130. The Kier molecular flexibility index (Phi) is 12.9. The molecule has 0 aromatic rings. The van der Waals surface area contributed by atoms with E-state index in [1.165, 1.54) is 0 Å². The third-order valence-corrected chi connectivity index (χ3v) is 4.04. The van der Waals surface area contributed by atoms with Crippen molar-refractivity contribution < 1.29 is 9.59 Å². The molecule has 2 amide bonds. The molecule has 0 saturated heterocycles. The molecule has 4 heteroatoms. The van der Waals surface area contributed by atoms with Crippen molar-refractivity contribution in [2.24, 2.45) is 5.92 Å². The van der Waals surface area contributed by atoms with E-state index in [1.54, 1.807) is 0 Å². The maximum absolute atomic E-state index is 12.0. The second-order valence-electron chi connectivity index (χ2n) is 6.27. The Morgan fingerprint density at radius 1 is 0.955 bits per heavy atom. The van der Waals surface area contributed by atoms with Gasteiger partial charge in [-0.05, 0) is 38.0 Å². The number of carbonyl (C=O) groups is 2. The summed E-state index contributed by atoms with van der Waals surface area (Å²) in [5.74, 6) is 0.900. The van der Waals surface area contributed by atoms with E-state index in [-0.39, 0.29) is 11.8 Å². The molecule has 130 valence electrons. The van der Waals surface area contributed by atoms with Gasteiger partial charge in [-0.15, -0.1) is 0 Å². The maximum Gasteiger partial charge on any atom is 0.222 e. The van der Waals surface area contributed by atoms with E-state index in [2.05, 4.69) is 19.2 Å². The molecule has 4 nitrogen and oxygen atoms in total. The first-order chi connectivity index (χ1) is 10.5. The van der Waals surface area contributed by atoms with Crippen LogP contribution in [0.3, 0.4) is 0 Å². The Morgan fingerprint density at radius 3 is 2.27 bits per heavy atom. The van der Waals surface area contributed by atoms with E-state index in [0.717, 1.165) is 58.0 Å². The highest BCUT2D eigenvalue weighted by Crippen LogP contribution is 2.15. The lowest BCUT2D eigenvalue weighted by Crippen LogP contribution is -2.30. The van der Waals surface area contributed by atoms with Gasteiger partial charge >= 0.3 is 0 Å². The lowest BCUT2D eigenvalue weighted by Gasteiger charge is -2.19. The second-order valence-corrected chi connectivity index (χ2v) is 6.27. The first-order valence-corrected chi connectivity index (χ1v) is 9.05. The van der Waals surface area contributed by atoms with E-state index in [9.17, 15) is 9.59 Å². The largest absolute Gasteiger partial charge is 0.356 e. The highest BCUT2D eigenvalue weighted by atomic mass is 16.2. The van der Waals surface area contributed by atoms with Gasteiger partial charge < -0.3 is 10.2 Å². The molecule has 0 heterocycles. The summed E-state index contributed by atoms with van der Waals surface area (Å²) >= 11 is 0. The van der Waals surface area contributed by atoms with E-state index in [4.69, 9.17) is 0 Å². The predicted octanol–water partition coefficient (Wildman–Crippen LogP) is 3.75. The molecule has 0 aliphatic carbocycles. The van der Waals surface area contributed by atoms with Crippen molar-refractivity contribution in [3.05, 3.63) is 0 Å². The van der Waals surface area contributed by atoms with Gasteiger partial charge in [0.05, 0.1) is 0 Å². The van der Waals surface area contributed by atoms with Gasteiger partial charge in [0.1, 0.15) is 0 Å². The van der Waals surface area contributed by atoms with Crippen molar-refractivity contribution in [2.45, 2.75) is 78.6 Å². The van der Waals surface area contributed by atoms with Crippen LogP contribution in [0.15, 0.2) is 0 Å². The van der Waals surface area contributed by atoms with Gasteiger partial charge in [0, 0.05) is 33.0 Å². The Hall–Kier alpha value is -1.06. The van der Waals surface area contributed by atoms with Crippen LogP contribution in [0.4, 0.5) is 0 Å². The summed E-state index contributed by atoms with van der Waals surface area (Å²) < 4.78 is 0. The third-order valence-electron chi connectivity index (χ3n) is 4.04. The zero-order valence-electron chi connectivity index (χ0n) is 15.1. The highest BCUT2D eigenvalue weighted by Gasteiger charge is 2.12. The first kappa shape index (κ1) is 20.9. The van der Waals surface area contributed by atoms with Gasteiger partial charge in [-0.1, -0.05) is 33.6 Å². The van der Waals surface area contributed by atoms with Gasteiger partial charge in [-0.25, -0.2) is 0 Å². The van der Waals surface area contributed by atoms with Gasteiger partial charge in [-0.2, -0.15) is 0 Å². The molecule has 0 aromatic heterocycles. The maximum atomic E-state index is 12.0. The number of hydrogen-bond donors (Lipinski definition) is 1. The molecule has 0 aliphatic rings. The fourth-order valence-electron chi connectivity index (χ4n) is 2.58. The van der Waals surface area contributed by atoms with E-state index < -0.39 is 0 Å². The third kappa shape index (κ3) is 10.6. The predicted molar refractivity (Wildman–Crippen MR) is 92.7 cm³/mol. The van der Waals surface area contributed by atoms with Crippen molar-refractivity contribution in [1.82, 2.24) is 10.2 Å². The average Bonchev–Trinajstić information content (AvgIpc) is 2.50. The fourth-order valence-corrected chi connectivity index (χ4v) is 2.58. The molecule has 0 bridgehead atoms. The smallest absolute Gasteiger partial charge is 0.222 e. The molecule has 0 fully saturated rings. The van der Waals surface area contributed by atoms with Crippen LogP contribution in [-0.2, 0) is 9.59 Å². The summed E-state index contributed by atoms with van der Waals surface area (Å²) in [7, 11) is 1.90. The molecular weight excluding hydrogens is 276 g/mol. The molecule has 0 radical (unpaired) electrons. The van der Waals surface area contributed by atoms with Gasteiger partial charge in [0.15, 0.2) is 0 Å². The van der Waals surface area contributed by atoms with Crippen LogP contribution in [0, 0.1) is 5.92 Å². The average molecular weight is 312 g/mol. The summed E-state index contributed by atoms with van der Waals surface area (Å²) in [6.45, 7) is 7.95. The normalized spacial score (nSPS) is 12.0. The number of hydrogen-bond acceptors (Lipinski definition) is 2. The molecule has 1 unspecified atom stereocenters. The summed E-state index contributed by atoms with van der Waals surface area (Å²) in [5, 5.41) is 3.02. The Bertz CT molecular complexity index is 305. The zero-order chi connectivity index (χ0) is 16.8. The number of unbranched alkanes of at least 4 members (excludes halogenated alkanes) is 1. The summed E-state index contributed by atoms with van der Waals surface area (Å²) in [6.07, 6.45) is 8.51. The summed E-state index contributed by atoms with van der Waals surface area (Å²) in [6, 6.07) is 0. The molecule has 0 saturated carbocycles. The Balaban J connectivity index is 3.98. The standard InChI is InChI=1S/C18H36N2O2/c1-5-8-14-20(4)18(22)13-9-12-16(10-6-2)15-19-17(21)11-7-3/h16H,5-15H2,1-4H3,(H,19,21). The number of rotatable bonds is 13. The van der Waals surface area contributed by atoms with Crippen LogP contribution < -0.4 is 5.32 Å². The molecule has 1 N–H and O–H groups in total. The number of nitrogens with zero attached hydrogens (tertiary/aromatic N) is 1. The van der Waals surface area contributed by atoms with Crippen molar-refractivity contribution in [3.63, 3.8) is 0 Å². The summed E-state index contributed by atoms with van der Waals surface area (Å²) in [5.41, 5.74) is 0. The molecule has 0 rings (SSSR count). The minimum absolute atomic E-state index is 0.152. The first-order valence-electron chi connectivity index (χ1n) is 9.05. The van der Waals surface area contributed by atoms with Crippen molar-refractivity contribution >= 4 is 11.8 Å². The van der Waals surface area contributed by atoms with Crippen molar-refractivity contribution in [3.8, 4) is 0 Å². The van der Waals surface area contributed by atoms with Crippen molar-refractivity contribution in [2.75, 3.05) is 20.1 Å². The molecule has 22 heavy (non-hydrogen) atoms. The number of amides is 2.